The van der Waals surface area contributed by atoms with E-state index in [1.807, 2.05) is 26.0 Å². The number of carbonyl (C=O) groups excluding carboxylic acids is 2. The molecule has 0 bridgehead atoms. The second-order valence-electron chi connectivity index (χ2n) is 7.88. The van der Waals surface area contributed by atoms with Crippen LogP contribution in [0.5, 0.6) is 5.75 Å². The lowest BCUT2D eigenvalue weighted by Gasteiger charge is -2.47. The summed E-state index contributed by atoms with van der Waals surface area (Å²) < 4.78 is 46.7. The van der Waals surface area contributed by atoms with E-state index in [1.54, 1.807) is 12.1 Å². The van der Waals surface area contributed by atoms with Gasteiger partial charge in [-0.05, 0) is 62.1 Å². The van der Waals surface area contributed by atoms with Crippen LogP contribution in [0, 0.1) is 6.92 Å². The average Bonchev–Trinajstić information content (AvgIpc) is 2.75. The van der Waals surface area contributed by atoms with Crippen molar-refractivity contribution >= 4 is 22.8 Å². The van der Waals surface area contributed by atoms with Crippen LogP contribution in [0.25, 0.3) is 0 Å². The Balaban J connectivity index is 2.04. The molecule has 2 heterocycles. The quantitative estimate of drug-likeness (QED) is 0.533. The molecule has 1 aliphatic heterocycles. The molecule has 3 rings (SSSR count). The first-order valence-electron chi connectivity index (χ1n) is 10.4. The molecule has 172 valence electrons. The number of piperidine rings is 1. The normalized spacial score (nSPS) is 21.3. The number of alkyl halides is 3. The van der Waals surface area contributed by atoms with Crippen molar-refractivity contribution in [1.29, 1.82) is 0 Å². The van der Waals surface area contributed by atoms with Gasteiger partial charge in [-0.15, -0.1) is 0 Å². The number of likely N-dealkylation sites (tertiary alicyclic amines) is 1. The molecule has 0 unspecified atom stereocenters. The van der Waals surface area contributed by atoms with Gasteiger partial charge in [0.15, 0.2) is 0 Å². The number of hydrogen-bond donors (Lipinski definition) is 0. The summed E-state index contributed by atoms with van der Waals surface area (Å²) in [6.07, 6.45) is -2.14. The molecule has 0 aliphatic carbocycles. The zero-order valence-electron chi connectivity index (χ0n) is 17.8. The molecule has 1 fully saturated rings. The zero-order chi connectivity index (χ0) is 23.5. The second kappa shape index (κ2) is 9.48. The van der Waals surface area contributed by atoms with E-state index in [2.05, 4.69) is 4.98 Å². The van der Waals surface area contributed by atoms with Gasteiger partial charge in [0, 0.05) is 12.7 Å². The minimum atomic E-state index is -4.74. The molecule has 2 atom stereocenters. The number of carbonyl (C=O) groups is 2. The Morgan fingerprint density at radius 1 is 1.25 bits per heavy atom. The van der Waals surface area contributed by atoms with Crippen LogP contribution < -0.4 is 4.74 Å². The van der Waals surface area contributed by atoms with Gasteiger partial charge < -0.3 is 9.64 Å². The van der Waals surface area contributed by atoms with Crippen LogP contribution in [0.4, 0.5) is 13.2 Å². The van der Waals surface area contributed by atoms with Crippen molar-refractivity contribution < 1.29 is 27.5 Å². The van der Waals surface area contributed by atoms with Gasteiger partial charge in [0.1, 0.15) is 11.4 Å². The molecular formula is C23H24ClF3N2O3. The van der Waals surface area contributed by atoms with Crippen molar-refractivity contribution in [3.05, 3.63) is 59.4 Å². The molecule has 0 spiro atoms. The largest absolute Gasteiger partial charge is 0.476 e. The maximum absolute atomic E-state index is 13.5. The monoisotopic (exact) mass is 468 g/mol. The molecule has 2 aromatic rings. The maximum atomic E-state index is 13.5. The summed E-state index contributed by atoms with van der Waals surface area (Å²) in [5, 5.41) is -0.786. The van der Waals surface area contributed by atoms with Gasteiger partial charge in [0.25, 0.3) is 11.1 Å². The first-order valence-corrected chi connectivity index (χ1v) is 10.8. The smallest absolute Gasteiger partial charge is 0.418 e. The number of amides is 1. The Hall–Kier alpha value is -2.61. The molecule has 0 saturated carbocycles. The van der Waals surface area contributed by atoms with E-state index in [0.717, 1.165) is 23.9 Å². The van der Waals surface area contributed by atoms with Gasteiger partial charge in [0.05, 0.1) is 11.6 Å². The number of hydrogen-bond acceptors (Lipinski definition) is 4. The molecular weight excluding hydrogens is 445 g/mol. The fourth-order valence-corrected chi connectivity index (χ4v) is 4.40. The van der Waals surface area contributed by atoms with E-state index in [0.29, 0.717) is 25.0 Å². The van der Waals surface area contributed by atoms with Crippen molar-refractivity contribution in [2.75, 3.05) is 6.54 Å². The van der Waals surface area contributed by atoms with Crippen molar-refractivity contribution in [3.8, 4) is 5.75 Å². The van der Waals surface area contributed by atoms with E-state index >= 15 is 0 Å². The number of aromatic nitrogens is 1. The summed E-state index contributed by atoms with van der Waals surface area (Å²) in [5.74, 6) is -0.500. The van der Waals surface area contributed by atoms with Crippen LogP contribution in [0.15, 0.2) is 42.6 Å². The summed E-state index contributed by atoms with van der Waals surface area (Å²) in [6, 6.07) is 8.12. The highest BCUT2D eigenvalue weighted by Crippen LogP contribution is 2.39. The van der Waals surface area contributed by atoms with E-state index < -0.39 is 40.2 Å². The first kappa shape index (κ1) is 24.0. The molecule has 9 heteroatoms. The van der Waals surface area contributed by atoms with E-state index in [9.17, 15) is 22.8 Å². The van der Waals surface area contributed by atoms with Gasteiger partial charge in [-0.2, -0.15) is 13.2 Å². The minimum absolute atomic E-state index is 0.167. The third-order valence-corrected chi connectivity index (χ3v) is 5.97. The number of benzene rings is 1. The molecule has 0 radical (unpaired) electrons. The van der Waals surface area contributed by atoms with Crippen LogP contribution in [0.1, 0.15) is 54.2 Å². The highest BCUT2D eigenvalue weighted by Gasteiger charge is 2.53. The van der Waals surface area contributed by atoms with Gasteiger partial charge in [-0.3, -0.25) is 14.6 Å². The van der Waals surface area contributed by atoms with Gasteiger partial charge in [-0.25, -0.2) is 0 Å². The van der Waals surface area contributed by atoms with E-state index in [1.165, 1.54) is 4.90 Å². The Labute approximate surface area is 189 Å². The summed E-state index contributed by atoms with van der Waals surface area (Å²) >= 11 is 6.05. The predicted molar refractivity (Wildman–Crippen MR) is 114 cm³/mol. The van der Waals surface area contributed by atoms with Gasteiger partial charge in [-0.1, -0.05) is 31.0 Å². The first-order chi connectivity index (χ1) is 15.1. The summed E-state index contributed by atoms with van der Waals surface area (Å²) in [6.45, 7) is 3.92. The molecule has 1 aromatic heterocycles. The van der Waals surface area contributed by atoms with Crippen LogP contribution in [0.3, 0.4) is 0 Å². The zero-order valence-corrected chi connectivity index (χ0v) is 18.5. The topological polar surface area (TPSA) is 59.5 Å². The van der Waals surface area contributed by atoms with Crippen molar-refractivity contribution in [3.63, 3.8) is 0 Å². The number of halogens is 4. The molecule has 0 N–H and O–H groups in total. The van der Waals surface area contributed by atoms with Gasteiger partial charge >= 0.3 is 6.18 Å². The Kier molecular flexibility index (Phi) is 7.12. The molecule has 5 nitrogen and oxygen atoms in total. The van der Waals surface area contributed by atoms with Crippen LogP contribution in [-0.4, -0.2) is 39.2 Å². The third kappa shape index (κ3) is 4.75. The lowest BCUT2D eigenvalue weighted by Crippen LogP contribution is -2.64. The Morgan fingerprint density at radius 3 is 2.53 bits per heavy atom. The molecule has 1 amide bonds. The fraction of sp³-hybridized carbons (Fsp3) is 0.435. The fourth-order valence-electron chi connectivity index (χ4n) is 4.14. The van der Waals surface area contributed by atoms with Crippen molar-refractivity contribution in [2.45, 2.75) is 57.3 Å². The lowest BCUT2D eigenvalue weighted by atomic mass is 9.82. The summed E-state index contributed by atoms with van der Waals surface area (Å²) in [7, 11) is 0. The van der Waals surface area contributed by atoms with Crippen LogP contribution in [-0.2, 0) is 11.0 Å². The average molecular weight is 469 g/mol. The summed E-state index contributed by atoms with van der Waals surface area (Å²) in [4.78, 5) is 31.0. The Morgan fingerprint density at radius 2 is 1.94 bits per heavy atom. The minimum Gasteiger partial charge on any atom is -0.476 e. The number of ether oxygens (including phenoxy) is 1. The van der Waals surface area contributed by atoms with Crippen LogP contribution >= 0.6 is 11.6 Å². The molecule has 1 saturated heterocycles. The Bertz CT molecular complexity index is 981. The highest BCUT2D eigenvalue weighted by atomic mass is 35.5. The van der Waals surface area contributed by atoms with Crippen molar-refractivity contribution in [1.82, 2.24) is 9.88 Å². The summed E-state index contributed by atoms with van der Waals surface area (Å²) in [5.41, 5.74) is -2.40. The molecule has 32 heavy (non-hydrogen) atoms. The second-order valence-corrected chi connectivity index (χ2v) is 8.23. The number of aryl methyl sites for hydroxylation is 1. The molecule has 1 aromatic carbocycles. The van der Waals surface area contributed by atoms with E-state index in [4.69, 9.17) is 16.3 Å². The number of rotatable bonds is 6. The van der Waals surface area contributed by atoms with Crippen LogP contribution in [0.2, 0.25) is 0 Å². The number of nitrogens with zero attached hydrogens (tertiary/aromatic N) is 2. The van der Waals surface area contributed by atoms with Crippen molar-refractivity contribution in [2.24, 2.45) is 0 Å². The SMILES string of the molecule is CCC[C@H]1N(C(=O)c2ncccc2C(F)(F)F)CCC[C@@]1(Oc1ccc(C)cc1)C(=O)Cl. The number of pyridine rings is 1. The lowest BCUT2D eigenvalue weighted by molar-refractivity contribution is -0.139. The third-order valence-electron chi connectivity index (χ3n) is 5.65. The molecule has 1 aliphatic rings. The highest BCUT2D eigenvalue weighted by molar-refractivity contribution is 6.65. The standard InChI is InChI=1S/C23H24ClF3N2O3/c1-3-6-18-22(21(24)31,32-16-10-8-15(2)9-11-16)12-5-14-29(18)20(30)19-17(23(25,26)27)7-4-13-28-19/h4,7-11,13,18H,3,5-6,12,14H2,1-2H3/t18-,22+/m1/s1. The predicted octanol–water partition coefficient (Wildman–Crippen LogP) is 5.40. The van der Waals surface area contributed by atoms with Gasteiger partial charge in [0.2, 0.25) is 5.60 Å². The van der Waals surface area contributed by atoms with E-state index in [-0.39, 0.29) is 13.0 Å². The maximum Gasteiger partial charge on any atom is 0.418 e.